The van der Waals surface area contributed by atoms with Crippen molar-refractivity contribution in [2.75, 3.05) is 39.5 Å². The van der Waals surface area contributed by atoms with Crippen LogP contribution in [0.4, 0.5) is 0 Å². The van der Waals surface area contributed by atoms with Crippen LogP contribution in [0.15, 0.2) is 24.3 Å². The minimum atomic E-state index is 0.862. The van der Waals surface area contributed by atoms with E-state index in [1.165, 1.54) is 37.2 Å². The summed E-state index contributed by atoms with van der Waals surface area (Å²) in [6.45, 7) is 4.52. The van der Waals surface area contributed by atoms with Crippen molar-refractivity contribution in [3.8, 4) is 5.75 Å². The number of ether oxygens (including phenoxy) is 1. The van der Waals surface area contributed by atoms with Gasteiger partial charge in [0.2, 0.25) is 0 Å². The number of methoxy groups -OCH3 is 1. The molecule has 0 spiro atoms. The summed E-state index contributed by atoms with van der Waals surface area (Å²) >= 11 is 2.14. The first-order valence-corrected chi connectivity index (χ1v) is 8.46. The Labute approximate surface area is 127 Å². The predicted octanol–water partition coefficient (Wildman–Crippen LogP) is 2.61. The van der Waals surface area contributed by atoms with Gasteiger partial charge in [0.25, 0.3) is 0 Å². The van der Waals surface area contributed by atoms with Crippen LogP contribution in [0.1, 0.15) is 18.4 Å². The molecule has 0 saturated carbocycles. The average Bonchev–Trinajstić information content (AvgIpc) is 2.48. The van der Waals surface area contributed by atoms with E-state index in [1.807, 2.05) is 6.07 Å². The lowest BCUT2D eigenvalue weighted by molar-refractivity contribution is 0.347. The third kappa shape index (κ3) is 5.35. The zero-order valence-electron chi connectivity index (χ0n) is 12.6. The first-order valence-electron chi connectivity index (χ1n) is 7.41. The molecule has 2 rings (SSSR count). The SMILES string of the molecule is COc1cccc(CN(C)CCSC2CCNCC2)c1. The molecular weight excluding hydrogens is 268 g/mol. The fourth-order valence-electron chi connectivity index (χ4n) is 2.50. The molecule has 1 heterocycles. The zero-order chi connectivity index (χ0) is 14.2. The van der Waals surface area contributed by atoms with Crippen molar-refractivity contribution < 1.29 is 4.74 Å². The summed E-state index contributed by atoms with van der Waals surface area (Å²) in [5, 5.41) is 4.28. The zero-order valence-corrected chi connectivity index (χ0v) is 13.4. The lowest BCUT2D eigenvalue weighted by Crippen LogP contribution is -2.30. The average molecular weight is 294 g/mol. The third-order valence-corrected chi connectivity index (χ3v) is 5.06. The quantitative estimate of drug-likeness (QED) is 0.835. The largest absolute Gasteiger partial charge is 0.497 e. The van der Waals surface area contributed by atoms with Crippen LogP contribution < -0.4 is 10.1 Å². The highest BCUT2D eigenvalue weighted by Crippen LogP contribution is 2.20. The topological polar surface area (TPSA) is 24.5 Å². The van der Waals surface area contributed by atoms with Crippen LogP contribution in [0.5, 0.6) is 5.75 Å². The van der Waals surface area contributed by atoms with Gasteiger partial charge < -0.3 is 15.0 Å². The number of piperidine rings is 1. The van der Waals surface area contributed by atoms with Crippen molar-refractivity contribution in [1.29, 1.82) is 0 Å². The second-order valence-corrected chi connectivity index (χ2v) is 6.82. The van der Waals surface area contributed by atoms with Crippen LogP contribution in [0.25, 0.3) is 0 Å². The molecule has 0 atom stereocenters. The summed E-state index contributed by atoms with van der Waals surface area (Å²) in [5.41, 5.74) is 1.32. The van der Waals surface area contributed by atoms with Gasteiger partial charge >= 0.3 is 0 Å². The highest BCUT2D eigenvalue weighted by Gasteiger charge is 2.13. The van der Waals surface area contributed by atoms with Crippen LogP contribution in [-0.2, 0) is 6.54 Å². The molecule has 1 aromatic carbocycles. The lowest BCUT2D eigenvalue weighted by Gasteiger charge is -2.23. The molecule has 3 nitrogen and oxygen atoms in total. The molecule has 1 N–H and O–H groups in total. The van der Waals surface area contributed by atoms with Gasteiger partial charge in [-0.05, 0) is 50.7 Å². The number of thioether (sulfide) groups is 1. The molecule has 1 saturated heterocycles. The minimum Gasteiger partial charge on any atom is -0.497 e. The monoisotopic (exact) mass is 294 g/mol. The van der Waals surface area contributed by atoms with E-state index in [4.69, 9.17) is 4.74 Å². The molecule has 0 unspecified atom stereocenters. The number of hydrogen-bond donors (Lipinski definition) is 1. The number of nitrogens with one attached hydrogen (secondary N) is 1. The summed E-state index contributed by atoms with van der Waals surface area (Å²) in [4.78, 5) is 2.39. The van der Waals surface area contributed by atoms with Gasteiger partial charge in [0.15, 0.2) is 0 Å². The number of nitrogens with zero attached hydrogens (tertiary/aromatic N) is 1. The first kappa shape index (κ1) is 15.7. The Morgan fingerprint density at radius 2 is 2.15 bits per heavy atom. The molecule has 0 aliphatic carbocycles. The lowest BCUT2D eigenvalue weighted by atomic mass is 10.2. The van der Waals surface area contributed by atoms with Crippen LogP contribution in [0, 0.1) is 0 Å². The standard InChI is InChI=1S/C16H26N2OS/c1-18(10-11-20-16-6-8-17-9-7-16)13-14-4-3-5-15(12-14)19-2/h3-5,12,16-17H,6-11,13H2,1-2H3. The van der Waals surface area contributed by atoms with Gasteiger partial charge in [-0.3, -0.25) is 0 Å². The van der Waals surface area contributed by atoms with E-state index in [0.29, 0.717) is 0 Å². The summed E-state index contributed by atoms with van der Waals surface area (Å²) in [7, 11) is 3.92. The maximum Gasteiger partial charge on any atom is 0.119 e. The van der Waals surface area contributed by atoms with Gasteiger partial charge in [0, 0.05) is 24.1 Å². The second kappa shape index (κ2) is 8.55. The summed E-state index contributed by atoms with van der Waals surface area (Å²) in [6.07, 6.45) is 2.65. The molecule has 0 bridgehead atoms. The predicted molar refractivity (Wildman–Crippen MR) is 87.7 cm³/mol. The molecule has 112 valence electrons. The molecule has 0 amide bonds. The molecule has 0 aromatic heterocycles. The van der Waals surface area contributed by atoms with Crippen LogP contribution in [0.3, 0.4) is 0 Å². The number of benzene rings is 1. The van der Waals surface area contributed by atoms with Gasteiger partial charge in [0.1, 0.15) is 5.75 Å². The van der Waals surface area contributed by atoms with E-state index < -0.39 is 0 Å². The molecule has 20 heavy (non-hydrogen) atoms. The minimum absolute atomic E-state index is 0.862. The first-order chi connectivity index (χ1) is 9.78. The van der Waals surface area contributed by atoms with Crippen molar-refractivity contribution in [3.63, 3.8) is 0 Å². The van der Waals surface area contributed by atoms with Crippen molar-refractivity contribution >= 4 is 11.8 Å². The third-order valence-electron chi connectivity index (χ3n) is 3.70. The van der Waals surface area contributed by atoms with Crippen molar-refractivity contribution in [2.24, 2.45) is 0 Å². The molecule has 1 aliphatic heterocycles. The normalized spacial score (nSPS) is 16.6. The maximum absolute atomic E-state index is 5.27. The Morgan fingerprint density at radius 3 is 2.90 bits per heavy atom. The van der Waals surface area contributed by atoms with Gasteiger partial charge in [-0.1, -0.05) is 12.1 Å². The fraction of sp³-hybridized carbons (Fsp3) is 0.625. The van der Waals surface area contributed by atoms with E-state index in [1.54, 1.807) is 7.11 Å². The summed E-state index contributed by atoms with van der Waals surface area (Å²) in [6, 6.07) is 8.34. The number of hydrogen-bond acceptors (Lipinski definition) is 4. The molecule has 1 aliphatic rings. The van der Waals surface area contributed by atoms with Crippen molar-refractivity contribution in [2.45, 2.75) is 24.6 Å². The molecule has 1 fully saturated rings. The highest BCUT2D eigenvalue weighted by molar-refractivity contribution is 7.99. The Balaban J connectivity index is 1.67. The smallest absolute Gasteiger partial charge is 0.119 e. The second-order valence-electron chi connectivity index (χ2n) is 5.41. The maximum atomic E-state index is 5.27. The van der Waals surface area contributed by atoms with Gasteiger partial charge in [0.05, 0.1) is 7.11 Å². The Kier molecular flexibility index (Phi) is 6.70. The van der Waals surface area contributed by atoms with Gasteiger partial charge in [-0.15, -0.1) is 0 Å². The molecule has 4 heteroatoms. The summed E-state index contributed by atoms with van der Waals surface area (Å²) in [5.74, 6) is 2.17. The Hall–Kier alpha value is -0.710. The van der Waals surface area contributed by atoms with E-state index in [9.17, 15) is 0 Å². The van der Waals surface area contributed by atoms with E-state index in [-0.39, 0.29) is 0 Å². The molecular formula is C16H26N2OS. The van der Waals surface area contributed by atoms with Crippen LogP contribution >= 0.6 is 11.8 Å². The summed E-state index contributed by atoms with van der Waals surface area (Å²) < 4.78 is 5.27. The molecule has 0 radical (unpaired) electrons. The Morgan fingerprint density at radius 1 is 1.35 bits per heavy atom. The van der Waals surface area contributed by atoms with Crippen LogP contribution in [0.2, 0.25) is 0 Å². The van der Waals surface area contributed by atoms with E-state index in [2.05, 4.69) is 47.2 Å². The fourth-order valence-corrected chi connectivity index (χ4v) is 3.82. The molecule has 1 aromatic rings. The van der Waals surface area contributed by atoms with Crippen LogP contribution in [-0.4, -0.2) is 49.7 Å². The van der Waals surface area contributed by atoms with Gasteiger partial charge in [-0.2, -0.15) is 11.8 Å². The van der Waals surface area contributed by atoms with Gasteiger partial charge in [-0.25, -0.2) is 0 Å². The van der Waals surface area contributed by atoms with Crippen molar-refractivity contribution in [3.05, 3.63) is 29.8 Å². The van der Waals surface area contributed by atoms with E-state index >= 15 is 0 Å². The highest BCUT2D eigenvalue weighted by atomic mass is 32.2. The Bertz CT molecular complexity index is 394. The number of rotatable bonds is 7. The van der Waals surface area contributed by atoms with Crippen molar-refractivity contribution in [1.82, 2.24) is 10.2 Å². The van der Waals surface area contributed by atoms with E-state index in [0.717, 1.165) is 24.1 Å².